The lowest BCUT2D eigenvalue weighted by molar-refractivity contribution is 0.0889. The molecule has 2 heterocycles. The number of nitrogens with zero attached hydrogens (tertiary/aromatic N) is 2. The lowest BCUT2D eigenvalue weighted by Gasteiger charge is -2.22. The van der Waals surface area contributed by atoms with E-state index in [1.807, 2.05) is 4.98 Å². The number of rotatable bonds is 4. The number of aromatic amines is 2. The van der Waals surface area contributed by atoms with Gasteiger partial charge in [0, 0.05) is 23.7 Å². The standard InChI is InChI=1S/C17H16N6O4S/c24-14-7-13(20-17(27)21-14)16(26)19-10-3-1-2-9(10)18-15(25)8-4-5-11-12(6-8)23-28-22-11/h4-7,9-10H,1-3H2,(H,18,25)(H,19,26)(H2,20,21,24,27)/t9-,10+/m0/s1. The Labute approximate surface area is 161 Å². The van der Waals surface area contributed by atoms with Crippen LogP contribution in [-0.4, -0.2) is 42.6 Å². The Morgan fingerprint density at radius 3 is 2.43 bits per heavy atom. The predicted molar refractivity (Wildman–Crippen MR) is 101 cm³/mol. The Morgan fingerprint density at radius 2 is 1.68 bits per heavy atom. The molecule has 2 aromatic heterocycles. The van der Waals surface area contributed by atoms with Gasteiger partial charge in [0.05, 0.1) is 11.7 Å². The maximum absolute atomic E-state index is 12.6. The van der Waals surface area contributed by atoms with Crippen LogP contribution in [0.25, 0.3) is 11.0 Å². The van der Waals surface area contributed by atoms with Gasteiger partial charge in [-0.25, -0.2) is 4.79 Å². The van der Waals surface area contributed by atoms with Crippen molar-refractivity contribution in [2.24, 2.45) is 0 Å². The lowest BCUT2D eigenvalue weighted by atomic mass is 10.1. The van der Waals surface area contributed by atoms with Crippen LogP contribution < -0.4 is 21.9 Å². The number of carbonyl (C=O) groups is 2. The van der Waals surface area contributed by atoms with Crippen LogP contribution in [0.4, 0.5) is 0 Å². The van der Waals surface area contributed by atoms with Crippen molar-refractivity contribution < 1.29 is 9.59 Å². The maximum Gasteiger partial charge on any atom is 0.326 e. The van der Waals surface area contributed by atoms with Crippen molar-refractivity contribution in [1.29, 1.82) is 0 Å². The molecule has 28 heavy (non-hydrogen) atoms. The van der Waals surface area contributed by atoms with Crippen molar-refractivity contribution in [3.8, 4) is 0 Å². The van der Waals surface area contributed by atoms with E-state index in [1.165, 1.54) is 0 Å². The molecule has 11 heteroatoms. The van der Waals surface area contributed by atoms with Gasteiger partial charge in [-0.05, 0) is 37.5 Å². The van der Waals surface area contributed by atoms with E-state index in [1.54, 1.807) is 18.2 Å². The summed E-state index contributed by atoms with van der Waals surface area (Å²) < 4.78 is 8.24. The van der Waals surface area contributed by atoms with E-state index in [9.17, 15) is 19.2 Å². The number of fused-ring (bicyclic) bond motifs is 1. The van der Waals surface area contributed by atoms with Gasteiger partial charge in [0.15, 0.2) is 0 Å². The Hall–Kier alpha value is -3.34. The fourth-order valence-corrected chi connectivity index (χ4v) is 3.84. The quantitative estimate of drug-likeness (QED) is 0.490. The summed E-state index contributed by atoms with van der Waals surface area (Å²) in [5, 5.41) is 5.73. The Morgan fingerprint density at radius 1 is 0.964 bits per heavy atom. The van der Waals surface area contributed by atoms with E-state index in [0.29, 0.717) is 23.9 Å². The molecule has 1 aliphatic rings. The zero-order valence-corrected chi connectivity index (χ0v) is 15.3. The predicted octanol–water partition coefficient (Wildman–Crippen LogP) is 0.149. The molecule has 1 fully saturated rings. The van der Waals surface area contributed by atoms with E-state index in [-0.39, 0.29) is 23.7 Å². The van der Waals surface area contributed by atoms with Crippen LogP contribution in [0.5, 0.6) is 0 Å². The van der Waals surface area contributed by atoms with Gasteiger partial charge in [0.1, 0.15) is 16.7 Å². The van der Waals surface area contributed by atoms with E-state index < -0.39 is 17.2 Å². The monoisotopic (exact) mass is 400 g/mol. The topological polar surface area (TPSA) is 150 Å². The van der Waals surface area contributed by atoms with Crippen LogP contribution >= 0.6 is 11.7 Å². The van der Waals surface area contributed by atoms with E-state index in [2.05, 4.69) is 24.4 Å². The molecule has 1 saturated carbocycles. The molecule has 0 aliphatic heterocycles. The average molecular weight is 400 g/mol. The fraction of sp³-hybridized carbons (Fsp3) is 0.294. The summed E-state index contributed by atoms with van der Waals surface area (Å²) in [5.74, 6) is -0.824. The Kier molecular flexibility index (Phi) is 4.74. The van der Waals surface area contributed by atoms with Crippen molar-refractivity contribution in [3.05, 3.63) is 56.4 Å². The molecular formula is C17H16N6O4S. The van der Waals surface area contributed by atoms with Crippen molar-refractivity contribution in [2.75, 3.05) is 0 Å². The molecule has 1 aliphatic carbocycles. The molecule has 1 aromatic carbocycles. The number of nitrogens with one attached hydrogen (secondary N) is 4. The van der Waals surface area contributed by atoms with E-state index in [4.69, 9.17) is 0 Å². The van der Waals surface area contributed by atoms with Gasteiger partial charge < -0.3 is 15.6 Å². The first-order valence-corrected chi connectivity index (χ1v) is 9.40. The highest BCUT2D eigenvalue weighted by Crippen LogP contribution is 2.21. The number of aromatic nitrogens is 4. The summed E-state index contributed by atoms with van der Waals surface area (Å²) in [6, 6.07) is 5.57. The van der Waals surface area contributed by atoms with Crippen LogP contribution in [-0.2, 0) is 0 Å². The molecule has 0 radical (unpaired) electrons. The highest BCUT2D eigenvalue weighted by Gasteiger charge is 2.30. The summed E-state index contributed by atoms with van der Waals surface area (Å²) in [6.07, 6.45) is 2.22. The van der Waals surface area contributed by atoms with Gasteiger partial charge >= 0.3 is 5.69 Å². The molecule has 3 aromatic rings. The summed E-state index contributed by atoms with van der Waals surface area (Å²) in [5.41, 5.74) is 0.341. The molecule has 0 unspecified atom stereocenters. The van der Waals surface area contributed by atoms with Crippen molar-refractivity contribution >= 4 is 34.6 Å². The molecule has 4 rings (SSSR count). The normalized spacial score (nSPS) is 18.9. The highest BCUT2D eigenvalue weighted by atomic mass is 32.1. The highest BCUT2D eigenvalue weighted by molar-refractivity contribution is 7.00. The minimum absolute atomic E-state index is 0.118. The van der Waals surface area contributed by atoms with Gasteiger partial charge in [-0.1, -0.05) is 0 Å². The lowest BCUT2D eigenvalue weighted by Crippen LogP contribution is -2.49. The largest absolute Gasteiger partial charge is 0.347 e. The third-order valence-corrected chi connectivity index (χ3v) is 5.23. The summed E-state index contributed by atoms with van der Waals surface area (Å²) in [7, 11) is 0. The number of H-pyrrole nitrogens is 2. The third kappa shape index (κ3) is 3.69. The molecule has 0 spiro atoms. The first-order chi connectivity index (χ1) is 13.5. The molecule has 2 atom stereocenters. The average Bonchev–Trinajstić information content (AvgIpc) is 3.29. The first-order valence-electron chi connectivity index (χ1n) is 8.67. The number of carbonyl (C=O) groups excluding carboxylic acids is 2. The third-order valence-electron chi connectivity index (χ3n) is 4.67. The van der Waals surface area contributed by atoms with Gasteiger partial charge in [-0.2, -0.15) is 8.75 Å². The number of benzene rings is 1. The van der Waals surface area contributed by atoms with Crippen molar-refractivity contribution in [2.45, 2.75) is 31.3 Å². The molecule has 2 amide bonds. The van der Waals surface area contributed by atoms with Crippen LogP contribution in [0, 0.1) is 0 Å². The van der Waals surface area contributed by atoms with Gasteiger partial charge in [0.25, 0.3) is 17.4 Å². The van der Waals surface area contributed by atoms with Gasteiger partial charge in [-0.15, -0.1) is 0 Å². The Bertz CT molecular complexity index is 1140. The molecule has 10 nitrogen and oxygen atoms in total. The molecular weight excluding hydrogens is 384 g/mol. The van der Waals surface area contributed by atoms with Gasteiger partial charge in [0.2, 0.25) is 0 Å². The fourth-order valence-electron chi connectivity index (χ4n) is 3.32. The second-order valence-electron chi connectivity index (χ2n) is 6.56. The smallest absolute Gasteiger partial charge is 0.326 e. The number of amides is 2. The molecule has 144 valence electrons. The second-order valence-corrected chi connectivity index (χ2v) is 7.09. The van der Waals surface area contributed by atoms with Crippen LogP contribution in [0.15, 0.2) is 33.9 Å². The summed E-state index contributed by atoms with van der Waals surface area (Å²) >= 11 is 1.08. The van der Waals surface area contributed by atoms with Crippen LogP contribution in [0.1, 0.15) is 40.1 Å². The van der Waals surface area contributed by atoms with Crippen LogP contribution in [0.3, 0.4) is 0 Å². The first kappa shape index (κ1) is 18.0. The Balaban J connectivity index is 1.45. The number of hydrogen-bond donors (Lipinski definition) is 4. The summed E-state index contributed by atoms with van der Waals surface area (Å²) in [6.45, 7) is 0. The second kappa shape index (κ2) is 7.35. The zero-order valence-electron chi connectivity index (χ0n) is 14.5. The van der Waals surface area contributed by atoms with Crippen molar-refractivity contribution in [3.63, 3.8) is 0 Å². The number of hydrogen-bond acceptors (Lipinski definition) is 7. The molecule has 0 bridgehead atoms. The molecule has 4 N–H and O–H groups in total. The van der Waals surface area contributed by atoms with Gasteiger partial charge in [-0.3, -0.25) is 19.4 Å². The maximum atomic E-state index is 12.6. The SMILES string of the molecule is O=C(N[C@H]1CCC[C@H]1NC(=O)c1cc(=O)[nH]c(=O)[nH]1)c1ccc2nsnc2c1. The minimum Gasteiger partial charge on any atom is -0.347 e. The minimum atomic E-state index is -0.749. The van der Waals surface area contributed by atoms with Crippen molar-refractivity contribution in [1.82, 2.24) is 29.3 Å². The van der Waals surface area contributed by atoms with E-state index >= 15 is 0 Å². The van der Waals surface area contributed by atoms with E-state index in [0.717, 1.165) is 29.7 Å². The van der Waals surface area contributed by atoms with Crippen LogP contribution in [0.2, 0.25) is 0 Å². The summed E-state index contributed by atoms with van der Waals surface area (Å²) in [4.78, 5) is 52.0. The zero-order chi connectivity index (χ0) is 19.7. The molecule has 0 saturated heterocycles.